The lowest BCUT2D eigenvalue weighted by Gasteiger charge is -2.31. The molecule has 0 atom stereocenters. The Morgan fingerprint density at radius 1 is 1.33 bits per heavy atom. The second-order valence-corrected chi connectivity index (χ2v) is 5.58. The van der Waals surface area contributed by atoms with Gasteiger partial charge in [0.25, 0.3) is 0 Å². The first-order valence-electron chi connectivity index (χ1n) is 6.95. The van der Waals surface area contributed by atoms with Crippen LogP contribution in [0.15, 0.2) is 27.4 Å². The molecule has 0 saturated heterocycles. The Hall–Kier alpha value is -2.14. The third-order valence-corrected chi connectivity index (χ3v) is 3.82. The van der Waals surface area contributed by atoms with Crippen LogP contribution in [0.25, 0.3) is 11.0 Å². The monoisotopic (exact) mass is 287 g/mol. The summed E-state index contributed by atoms with van der Waals surface area (Å²) in [6.07, 6.45) is 0. The van der Waals surface area contributed by atoms with Crippen LogP contribution in [0.3, 0.4) is 0 Å². The molecule has 2 aromatic rings. The van der Waals surface area contributed by atoms with Crippen molar-refractivity contribution in [3.63, 3.8) is 0 Å². The van der Waals surface area contributed by atoms with Crippen molar-refractivity contribution in [1.82, 2.24) is 4.90 Å². The van der Waals surface area contributed by atoms with Gasteiger partial charge in [-0.1, -0.05) is 0 Å². The van der Waals surface area contributed by atoms with Gasteiger partial charge in [0.05, 0.1) is 5.56 Å². The summed E-state index contributed by atoms with van der Waals surface area (Å²) in [6.45, 7) is 6.71. The van der Waals surface area contributed by atoms with Crippen molar-refractivity contribution in [1.29, 1.82) is 0 Å². The Morgan fingerprint density at radius 3 is 2.76 bits per heavy atom. The predicted octanol–water partition coefficient (Wildman–Crippen LogP) is 2.56. The first kappa shape index (κ1) is 13.8. The van der Waals surface area contributed by atoms with Crippen molar-refractivity contribution in [2.24, 2.45) is 0 Å². The summed E-state index contributed by atoms with van der Waals surface area (Å²) in [5.41, 5.74) is 0.859. The summed E-state index contributed by atoms with van der Waals surface area (Å²) in [5, 5.41) is 0.743. The van der Waals surface area contributed by atoms with Crippen molar-refractivity contribution in [3.8, 4) is 5.75 Å². The molecule has 1 aliphatic heterocycles. The molecule has 0 fully saturated rings. The average molecular weight is 287 g/mol. The molecule has 0 amide bonds. The molecule has 0 N–H and O–H groups in total. The standard InChI is InChI=1S/C16H17NO4/c1-9(2)17-7-13-14(20-8-17)5-4-11-6-12(10(3)18)16(19)21-15(11)13/h4-6,9H,7-8H2,1-3H3. The molecular weight excluding hydrogens is 270 g/mol. The van der Waals surface area contributed by atoms with Crippen LogP contribution in [0.2, 0.25) is 0 Å². The number of Topliss-reactive ketones (excluding diaryl/α,β-unsaturated/α-hetero) is 1. The molecule has 1 aromatic carbocycles. The number of carbonyl (C=O) groups excluding carboxylic acids is 1. The zero-order valence-corrected chi connectivity index (χ0v) is 12.3. The van der Waals surface area contributed by atoms with Gasteiger partial charge in [0.2, 0.25) is 0 Å². The van der Waals surface area contributed by atoms with E-state index in [2.05, 4.69) is 18.7 Å². The van der Waals surface area contributed by atoms with Gasteiger partial charge in [-0.15, -0.1) is 0 Å². The minimum atomic E-state index is -0.593. The summed E-state index contributed by atoms with van der Waals surface area (Å²) in [6, 6.07) is 5.60. The van der Waals surface area contributed by atoms with Gasteiger partial charge in [0, 0.05) is 18.0 Å². The fourth-order valence-corrected chi connectivity index (χ4v) is 2.49. The first-order valence-corrected chi connectivity index (χ1v) is 6.95. The number of fused-ring (bicyclic) bond motifs is 3. The van der Waals surface area contributed by atoms with Crippen molar-refractivity contribution in [3.05, 3.63) is 39.7 Å². The van der Waals surface area contributed by atoms with Crippen molar-refractivity contribution in [2.45, 2.75) is 33.4 Å². The van der Waals surface area contributed by atoms with Crippen LogP contribution >= 0.6 is 0 Å². The van der Waals surface area contributed by atoms with Gasteiger partial charge < -0.3 is 9.15 Å². The molecule has 1 aliphatic rings. The number of carbonyl (C=O) groups is 1. The van der Waals surface area contributed by atoms with E-state index < -0.39 is 5.63 Å². The molecular formula is C16H17NO4. The Morgan fingerprint density at radius 2 is 2.10 bits per heavy atom. The fourth-order valence-electron chi connectivity index (χ4n) is 2.49. The van der Waals surface area contributed by atoms with Crippen LogP contribution in [-0.4, -0.2) is 23.5 Å². The minimum Gasteiger partial charge on any atom is -0.478 e. The molecule has 0 saturated carbocycles. The molecule has 0 unspecified atom stereocenters. The van der Waals surface area contributed by atoms with Gasteiger partial charge in [0.1, 0.15) is 23.6 Å². The summed E-state index contributed by atoms with van der Waals surface area (Å²) in [5.74, 6) is 0.446. The second kappa shape index (κ2) is 5.00. The van der Waals surface area contributed by atoms with E-state index in [-0.39, 0.29) is 11.3 Å². The molecule has 0 bridgehead atoms. The van der Waals surface area contributed by atoms with E-state index in [9.17, 15) is 9.59 Å². The Kier molecular flexibility index (Phi) is 3.29. The molecule has 1 aromatic heterocycles. The normalized spacial score (nSPS) is 15.0. The molecule has 5 heteroatoms. The number of benzene rings is 1. The zero-order valence-electron chi connectivity index (χ0n) is 12.3. The van der Waals surface area contributed by atoms with Crippen LogP contribution < -0.4 is 10.4 Å². The van der Waals surface area contributed by atoms with Crippen LogP contribution in [0.4, 0.5) is 0 Å². The number of rotatable bonds is 2. The van der Waals surface area contributed by atoms with Crippen LogP contribution in [0.1, 0.15) is 36.7 Å². The van der Waals surface area contributed by atoms with Crippen molar-refractivity contribution in [2.75, 3.05) is 6.73 Å². The summed E-state index contributed by atoms with van der Waals surface area (Å²) in [4.78, 5) is 25.5. The third kappa shape index (κ3) is 2.34. The molecule has 0 spiro atoms. The summed E-state index contributed by atoms with van der Waals surface area (Å²) in [7, 11) is 0. The number of nitrogens with zero attached hydrogens (tertiary/aromatic N) is 1. The molecule has 0 radical (unpaired) electrons. The van der Waals surface area contributed by atoms with Gasteiger partial charge in [0.15, 0.2) is 5.78 Å². The highest BCUT2D eigenvalue weighted by Crippen LogP contribution is 2.32. The van der Waals surface area contributed by atoms with E-state index in [4.69, 9.17) is 9.15 Å². The summed E-state index contributed by atoms with van der Waals surface area (Å²) < 4.78 is 11.1. The van der Waals surface area contributed by atoms with Gasteiger partial charge in [-0.3, -0.25) is 9.69 Å². The lowest BCUT2D eigenvalue weighted by atomic mass is 10.1. The van der Waals surface area contributed by atoms with Gasteiger partial charge in [-0.05, 0) is 39.0 Å². The smallest absolute Gasteiger partial charge is 0.347 e. The molecule has 0 aliphatic carbocycles. The summed E-state index contributed by atoms with van der Waals surface area (Å²) >= 11 is 0. The molecule has 21 heavy (non-hydrogen) atoms. The lowest BCUT2D eigenvalue weighted by Crippen LogP contribution is -2.37. The van der Waals surface area contributed by atoms with Gasteiger partial charge in [-0.25, -0.2) is 4.79 Å². The maximum Gasteiger partial charge on any atom is 0.347 e. The Labute approximate surface area is 122 Å². The van der Waals surface area contributed by atoms with Gasteiger partial charge >= 0.3 is 5.63 Å². The molecule has 110 valence electrons. The molecule has 3 rings (SSSR count). The number of ether oxygens (including phenoxy) is 1. The zero-order chi connectivity index (χ0) is 15.1. The first-order chi connectivity index (χ1) is 9.97. The van der Waals surface area contributed by atoms with E-state index in [1.807, 2.05) is 12.1 Å². The lowest BCUT2D eigenvalue weighted by molar-refractivity contribution is 0.0689. The fraction of sp³-hybridized carbons (Fsp3) is 0.375. The number of ketones is 1. The highest BCUT2D eigenvalue weighted by Gasteiger charge is 2.23. The van der Waals surface area contributed by atoms with Gasteiger partial charge in [-0.2, -0.15) is 0 Å². The van der Waals surface area contributed by atoms with Crippen LogP contribution in [0, 0.1) is 0 Å². The Bertz CT molecular complexity index is 776. The highest BCUT2D eigenvalue weighted by molar-refractivity contribution is 5.97. The number of hydrogen-bond donors (Lipinski definition) is 0. The van der Waals surface area contributed by atoms with Crippen LogP contribution in [-0.2, 0) is 6.54 Å². The van der Waals surface area contributed by atoms with Crippen LogP contribution in [0.5, 0.6) is 5.75 Å². The number of hydrogen-bond acceptors (Lipinski definition) is 5. The minimum absolute atomic E-state index is 0.0832. The quantitative estimate of drug-likeness (QED) is 0.627. The Balaban J connectivity index is 2.20. The third-order valence-electron chi connectivity index (χ3n) is 3.82. The van der Waals surface area contributed by atoms with E-state index in [1.165, 1.54) is 6.92 Å². The maximum atomic E-state index is 11.9. The van der Waals surface area contributed by atoms with Crippen molar-refractivity contribution >= 4 is 16.8 Å². The van der Waals surface area contributed by atoms with E-state index >= 15 is 0 Å². The van der Waals surface area contributed by atoms with E-state index in [0.29, 0.717) is 24.9 Å². The SMILES string of the molecule is CC(=O)c1cc2ccc3c(c2oc1=O)CN(C(C)C)CO3. The average Bonchev–Trinajstić information content (AvgIpc) is 2.45. The predicted molar refractivity (Wildman–Crippen MR) is 78.7 cm³/mol. The second-order valence-electron chi connectivity index (χ2n) is 5.58. The molecule has 5 nitrogen and oxygen atoms in total. The maximum absolute atomic E-state index is 11.9. The largest absolute Gasteiger partial charge is 0.478 e. The van der Waals surface area contributed by atoms with E-state index in [0.717, 1.165) is 16.7 Å². The van der Waals surface area contributed by atoms with E-state index in [1.54, 1.807) is 6.07 Å². The topological polar surface area (TPSA) is 59.8 Å². The molecule has 2 heterocycles. The highest BCUT2D eigenvalue weighted by atomic mass is 16.5. The van der Waals surface area contributed by atoms with Crippen molar-refractivity contribution < 1.29 is 13.9 Å².